The van der Waals surface area contributed by atoms with Crippen LogP contribution in [0.2, 0.25) is 0 Å². The molecule has 0 aliphatic carbocycles. The van der Waals surface area contributed by atoms with Crippen LogP contribution in [0, 0.1) is 26.6 Å². The minimum Gasteiger partial charge on any atom is -0.483 e. The fourth-order valence-corrected chi connectivity index (χ4v) is 2.31. The van der Waals surface area contributed by atoms with E-state index < -0.39 is 0 Å². The molecule has 0 fully saturated rings. The molecule has 4 heteroatoms. The van der Waals surface area contributed by atoms with Crippen LogP contribution in [0.15, 0.2) is 18.2 Å². The fourth-order valence-electron chi connectivity index (χ4n) is 1.46. The Morgan fingerprint density at radius 1 is 1.29 bits per heavy atom. The molecule has 0 aliphatic heterocycles. The number of hydrogen-bond donors (Lipinski definition) is 0. The van der Waals surface area contributed by atoms with Gasteiger partial charge in [-0.25, -0.2) is 9.37 Å². The van der Waals surface area contributed by atoms with E-state index in [4.69, 9.17) is 4.74 Å². The van der Waals surface area contributed by atoms with Crippen molar-refractivity contribution in [2.24, 2.45) is 0 Å². The Hall–Kier alpha value is -1.42. The van der Waals surface area contributed by atoms with Crippen molar-refractivity contribution < 1.29 is 9.13 Å². The monoisotopic (exact) mass is 251 g/mol. The molecule has 2 nitrogen and oxygen atoms in total. The number of nitrogens with zero attached hydrogens (tertiary/aromatic N) is 1. The van der Waals surface area contributed by atoms with E-state index in [-0.39, 0.29) is 11.6 Å². The van der Waals surface area contributed by atoms with Gasteiger partial charge >= 0.3 is 0 Å². The van der Waals surface area contributed by atoms with Crippen molar-refractivity contribution in [2.75, 3.05) is 0 Å². The van der Waals surface area contributed by atoms with Gasteiger partial charge in [0.1, 0.15) is 11.6 Å². The van der Waals surface area contributed by atoms with Crippen molar-refractivity contribution in [3.8, 4) is 5.75 Å². The lowest BCUT2D eigenvalue weighted by Gasteiger charge is -2.05. The van der Waals surface area contributed by atoms with E-state index in [1.165, 1.54) is 10.9 Å². The molecule has 2 rings (SSSR count). The summed E-state index contributed by atoms with van der Waals surface area (Å²) in [5.41, 5.74) is 1.99. The van der Waals surface area contributed by atoms with Gasteiger partial charge < -0.3 is 4.74 Å². The van der Waals surface area contributed by atoms with Gasteiger partial charge in [-0.1, -0.05) is 6.07 Å². The maximum atomic E-state index is 13.4. The molecule has 1 heterocycles. The quantitative estimate of drug-likeness (QED) is 0.828. The van der Waals surface area contributed by atoms with Crippen LogP contribution in [0.5, 0.6) is 5.75 Å². The topological polar surface area (TPSA) is 22.1 Å². The zero-order chi connectivity index (χ0) is 12.4. The van der Waals surface area contributed by atoms with E-state index in [9.17, 15) is 4.39 Å². The van der Waals surface area contributed by atoms with E-state index in [0.29, 0.717) is 6.61 Å². The largest absolute Gasteiger partial charge is 0.483 e. The summed E-state index contributed by atoms with van der Waals surface area (Å²) in [6.07, 6.45) is 0. The van der Waals surface area contributed by atoms with Crippen molar-refractivity contribution in [3.63, 3.8) is 0 Å². The first-order chi connectivity index (χ1) is 8.06. The second-order valence-corrected chi connectivity index (χ2v) is 5.26. The van der Waals surface area contributed by atoms with Crippen LogP contribution in [0.25, 0.3) is 0 Å². The Morgan fingerprint density at radius 3 is 2.71 bits per heavy atom. The second kappa shape index (κ2) is 4.84. The average Bonchev–Trinajstić information content (AvgIpc) is 2.60. The molecule has 0 amide bonds. The lowest BCUT2D eigenvalue weighted by Crippen LogP contribution is -1.97. The van der Waals surface area contributed by atoms with Crippen LogP contribution < -0.4 is 4.74 Å². The SMILES string of the molecule is Cc1ccc(F)c(OCc2nc(C)c(C)s2)c1. The molecule has 0 bridgehead atoms. The average molecular weight is 251 g/mol. The van der Waals surface area contributed by atoms with Crippen LogP contribution in [-0.4, -0.2) is 4.98 Å². The van der Waals surface area contributed by atoms with Gasteiger partial charge in [-0.15, -0.1) is 11.3 Å². The van der Waals surface area contributed by atoms with Crippen molar-refractivity contribution in [2.45, 2.75) is 27.4 Å². The summed E-state index contributed by atoms with van der Waals surface area (Å²) in [6, 6.07) is 4.84. The Bertz CT molecular complexity index is 517. The summed E-state index contributed by atoms with van der Waals surface area (Å²) in [4.78, 5) is 5.52. The van der Waals surface area contributed by atoms with E-state index >= 15 is 0 Å². The maximum absolute atomic E-state index is 13.4. The molecule has 90 valence electrons. The van der Waals surface area contributed by atoms with Gasteiger partial charge in [0.25, 0.3) is 0 Å². The summed E-state index contributed by atoms with van der Waals surface area (Å²) in [5.74, 6) is -0.0453. The maximum Gasteiger partial charge on any atom is 0.165 e. The molecule has 0 N–H and O–H groups in total. The van der Waals surface area contributed by atoms with Crippen LogP contribution in [0.4, 0.5) is 4.39 Å². The first-order valence-corrected chi connectivity index (χ1v) is 6.20. The van der Waals surface area contributed by atoms with E-state index in [1.807, 2.05) is 20.8 Å². The minimum absolute atomic E-state index is 0.288. The molecule has 0 aliphatic rings. The number of thiazole rings is 1. The van der Waals surface area contributed by atoms with Gasteiger partial charge in [-0.05, 0) is 38.5 Å². The molecular weight excluding hydrogens is 237 g/mol. The Morgan fingerprint density at radius 2 is 2.06 bits per heavy atom. The van der Waals surface area contributed by atoms with Crippen molar-refractivity contribution in [3.05, 3.63) is 45.2 Å². The number of rotatable bonds is 3. The standard InChI is InChI=1S/C13H14FNOS/c1-8-4-5-11(14)12(6-8)16-7-13-15-9(2)10(3)17-13/h4-6H,7H2,1-3H3. The van der Waals surface area contributed by atoms with Crippen molar-refractivity contribution >= 4 is 11.3 Å². The molecule has 0 saturated carbocycles. The number of hydrogen-bond acceptors (Lipinski definition) is 3. The van der Waals surface area contributed by atoms with E-state index in [2.05, 4.69) is 4.98 Å². The molecule has 0 unspecified atom stereocenters. The van der Waals surface area contributed by atoms with Gasteiger partial charge in [0.15, 0.2) is 11.6 Å². The molecule has 2 aromatic rings. The van der Waals surface area contributed by atoms with Crippen LogP contribution in [0.1, 0.15) is 21.1 Å². The third kappa shape index (κ3) is 2.82. The summed E-state index contributed by atoms with van der Waals surface area (Å²) in [7, 11) is 0. The summed E-state index contributed by atoms with van der Waals surface area (Å²) >= 11 is 1.59. The zero-order valence-corrected chi connectivity index (χ0v) is 10.9. The first kappa shape index (κ1) is 12.0. The lowest BCUT2D eigenvalue weighted by atomic mass is 10.2. The fraction of sp³-hybridized carbons (Fsp3) is 0.308. The number of aromatic nitrogens is 1. The van der Waals surface area contributed by atoms with Gasteiger partial charge in [-0.3, -0.25) is 0 Å². The second-order valence-electron chi connectivity index (χ2n) is 3.97. The molecule has 0 radical (unpaired) electrons. The van der Waals surface area contributed by atoms with Gasteiger partial charge in [0, 0.05) is 4.88 Å². The third-order valence-corrected chi connectivity index (χ3v) is 3.56. The van der Waals surface area contributed by atoms with E-state index in [0.717, 1.165) is 16.3 Å². The first-order valence-electron chi connectivity index (χ1n) is 5.38. The van der Waals surface area contributed by atoms with Gasteiger partial charge in [0.2, 0.25) is 0 Å². The summed E-state index contributed by atoms with van der Waals surface area (Å²) in [5, 5.41) is 0.876. The van der Waals surface area contributed by atoms with Gasteiger partial charge in [0.05, 0.1) is 5.69 Å². The molecule has 1 aromatic heterocycles. The molecule has 1 aromatic carbocycles. The number of benzene rings is 1. The zero-order valence-electron chi connectivity index (χ0n) is 10.1. The Balaban J connectivity index is 2.09. The van der Waals surface area contributed by atoms with Crippen molar-refractivity contribution in [1.82, 2.24) is 4.98 Å². The summed E-state index contributed by atoms with van der Waals surface area (Å²) < 4.78 is 18.9. The molecule has 17 heavy (non-hydrogen) atoms. The third-order valence-electron chi connectivity index (χ3n) is 2.51. The molecule has 0 spiro atoms. The minimum atomic E-state index is -0.333. The lowest BCUT2D eigenvalue weighted by molar-refractivity contribution is 0.289. The predicted octanol–water partition coefficient (Wildman–Crippen LogP) is 3.79. The molecule has 0 atom stereocenters. The van der Waals surface area contributed by atoms with Gasteiger partial charge in [-0.2, -0.15) is 0 Å². The number of ether oxygens (including phenoxy) is 1. The highest BCUT2D eigenvalue weighted by molar-refractivity contribution is 7.11. The number of aryl methyl sites for hydroxylation is 3. The van der Waals surface area contributed by atoms with Crippen LogP contribution in [-0.2, 0) is 6.61 Å². The Kier molecular flexibility index (Phi) is 3.43. The van der Waals surface area contributed by atoms with E-state index in [1.54, 1.807) is 23.5 Å². The highest BCUT2D eigenvalue weighted by Crippen LogP contribution is 2.22. The van der Waals surface area contributed by atoms with Crippen molar-refractivity contribution in [1.29, 1.82) is 0 Å². The normalized spacial score (nSPS) is 10.6. The highest BCUT2D eigenvalue weighted by Gasteiger charge is 2.07. The smallest absolute Gasteiger partial charge is 0.165 e. The molecule has 0 saturated heterocycles. The summed E-state index contributed by atoms with van der Waals surface area (Å²) in [6.45, 7) is 6.20. The van der Waals surface area contributed by atoms with Crippen LogP contribution >= 0.6 is 11.3 Å². The number of halogens is 1. The highest BCUT2D eigenvalue weighted by atomic mass is 32.1. The molecular formula is C13H14FNOS. The Labute approximate surface area is 104 Å². The predicted molar refractivity (Wildman–Crippen MR) is 67.1 cm³/mol. The van der Waals surface area contributed by atoms with Crippen LogP contribution in [0.3, 0.4) is 0 Å².